The van der Waals surface area contributed by atoms with E-state index >= 15 is 0 Å². The normalized spacial score (nSPS) is 13.0. The smallest absolute Gasteiger partial charge is 0.261 e. The summed E-state index contributed by atoms with van der Waals surface area (Å²) in [4.78, 5) is 27.7. The number of halogens is 1. The van der Waals surface area contributed by atoms with Crippen LogP contribution in [0.1, 0.15) is 66.2 Å². The lowest BCUT2D eigenvalue weighted by Gasteiger charge is -2.19. The van der Waals surface area contributed by atoms with Crippen molar-refractivity contribution < 1.29 is 14.3 Å². The molecule has 1 fully saturated rings. The molecule has 0 atom stereocenters. The van der Waals surface area contributed by atoms with Crippen LogP contribution in [0.3, 0.4) is 0 Å². The summed E-state index contributed by atoms with van der Waals surface area (Å²) in [7, 11) is 0. The van der Waals surface area contributed by atoms with Crippen LogP contribution < -0.4 is 15.4 Å². The fourth-order valence-electron chi connectivity index (χ4n) is 3.71. The quantitative estimate of drug-likeness (QED) is 0.317. The van der Waals surface area contributed by atoms with Crippen LogP contribution in [0.5, 0.6) is 5.75 Å². The molecule has 33 heavy (non-hydrogen) atoms. The maximum absolute atomic E-state index is 13.0. The average molecular weight is 533 g/mol. The summed E-state index contributed by atoms with van der Waals surface area (Å²) in [5.74, 6) is 0.107. The Labute approximate surface area is 209 Å². The minimum Gasteiger partial charge on any atom is -0.493 e. The maximum Gasteiger partial charge on any atom is 0.261 e. The SMILES string of the molecule is CCCCCCOc1ccc(Br)cc1C(=O)NC(=S)Nc1ccccc1C(=O)N1CCCC1. The molecule has 2 aromatic rings. The molecule has 0 aromatic heterocycles. The highest BCUT2D eigenvalue weighted by atomic mass is 79.9. The first kappa shape index (κ1) is 25.2. The van der Waals surface area contributed by atoms with Crippen molar-refractivity contribution in [3.05, 3.63) is 58.1 Å². The Morgan fingerprint density at radius 1 is 1.06 bits per heavy atom. The fourth-order valence-corrected chi connectivity index (χ4v) is 4.27. The number of unbranched alkanes of at least 4 members (excludes halogenated alkanes) is 3. The standard InChI is InChI=1S/C25H30BrN3O3S/c1-2-3-4-9-16-32-22-13-12-18(26)17-20(22)23(30)28-25(33)27-21-11-6-5-10-19(21)24(31)29-14-7-8-15-29/h5-6,10-13,17H,2-4,7-9,14-16H2,1H3,(H2,27,28,30,33). The van der Waals surface area contributed by atoms with Gasteiger partial charge in [0.05, 0.1) is 23.4 Å². The van der Waals surface area contributed by atoms with Gasteiger partial charge in [-0.2, -0.15) is 0 Å². The highest BCUT2D eigenvalue weighted by molar-refractivity contribution is 9.10. The van der Waals surface area contributed by atoms with Gasteiger partial charge in [-0.05, 0) is 61.8 Å². The molecule has 1 heterocycles. The molecule has 0 unspecified atom stereocenters. The molecule has 1 saturated heterocycles. The highest BCUT2D eigenvalue weighted by Crippen LogP contribution is 2.24. The number of likely N-dealkylation sites (tertiary alicyclic amines) is 1. The number of anilines is 1. The number of carbonyl (C=O) groups excluding carboxylic acids is 2. The Bertz CT molecular complexity index is 993. The number of rotatable bonds is 9. The second-order valence-corrected chi connectivity index (χ2v) is 9.33. The van der Waals surface area contributed by atoms with Crippen LogP contribution in [-0.2, 0) is 0 Å². The van der Waals surface area contributed by atoms with Gasteiger partial charge < -0.3 is 15.0 Å². The van der Waals surface area contributed by atoms with Crippen molar-refractivity contribution in [1.29, 1.82) is 0 Å². The number of hydrogen-bond acceptors (Lipinski definition) is 4. The van der Waals surface area contributed by atoms with Crippen molar-refractivity contribution in [2.24, 2.45) is 0 Å². The highest BCUT2D eigenvalue weighted by Gasteiger charge is 2.22. The van der Waals surface area contributed by atoms with E-state index in [1.165, 1.54) is 6.42 Å². The number of benzene rings is 2. The van der Waals surface area contributed by atoms with Gasteiger partial charge in [0.25, 0.3) is 11.8 Å². The Morgan fingerprint density at radius 3 is 2.58 bits per heavy atom. The van der Waals surface area contributed by atoms with Gasteiger partial charge >= 0.3 is 0 Å². The molecule has 0 bridgehead atoms. The van der Waals surface area contributed by atoms with Crippen molar-refractivity contribution in [3.8, 4) is 5.75 Å². The minimum absolute atomic E-state index is 0.0320. The fraction of sp³-hybridized carbons (Fsp3) is 0.400. The van der Waals surface area contributed by atoms with Crippen LogP contribution in [0.15, 0.2) is 46.9 Å². The zero-order chi connectivity index (χ0) is 23.6. The molecule has 1 aliphatic heterocycles. The molecule has 3 rings (SSSR count). The van der Waals surface area contributed by atoms with E-state index < -0.39 is 0 Å². The van der Waals surface area contributed by atoms with Crippen LogP contribution >= 0.6 is 28.1 Å². The van der Waals surface area contributed by atoms with E-state index in [2.05, 4.69) is 33.5 Å². The number of hydrogen-bond donors (Lipinski definition) is 2. The molecule has 1 aliphatic rings. The van der Waals surface area contributed by atoms with Gasteiger partial charge in [-0.3, -0.25) is 14.9 Å². The first-order chi connectivity index (χ1) is 16.0. The molecule has 2 aromatic carbocycles. The summed E-state index contributed by atoms with van der Waals surface area (Å²) < 4.78 is 6.64. The second kappa shape index (κ2) is 12.7. The third-order valence-electron chi connectivity index (χ3n) is 5.47. The molecule has 2 N–H and O–H groups in total. The number of amides is 2. The maximum atomic E-state index is 13.0. The van der Waals surface area contributed by atoms with Crippen molar-refractivity contribution in [2.75, 3.05) is 25.0 Å². The van der Waals surface area contributed by atoms with Crippen LogP contribution in [0.2, 0.25) is 0 Å². The van der Waals surface area contributed by atoms with Gasteiger partial charge in [0.1, 0.15) is 5.75 Å². The number of ether oxygens (including phenoxy) is 1. The van der Waals surface area contributed by atoms with E-state index in [0.29, 0.717) is 29.2 Å². The number of thiocarbonyl (C=S) groups is 1. The molecular weight excluding hydrogens is 502 g/mol. The summed E-state index contributed by atoms with van der Waals surface area (Å²) in [6.07, 6.45) is 6.39. The largest absolute Gasteiger partial charge is 0.493 e. The summed E-state index contributed by atoms with van der Waals surface area (Å²) in [5.41, 5.74) is 1.50. The third kappa shape index (κ3) is 7.27. The topological polar surface area (TPSA) is 70.7 Å². The molecule has 2 amide bonds. The summed E-state index contributed by atoms with van der Waals surface area (Å²) in [6, 6.07) is 12.5. The van der Waals surface area contributed by atoms with E-state index in [9.17, 15) is 9.59 Å². The number of carbonyl (C=O) groups is 2. The van der Waals surface area contributed by atoms with Crippen molar-refractivity contribution in [2.45, 2.75) is 45.4 Å². The Hall–Kier alpha value is -2.45. The Kier molecular flexibility index (Phi) is 9.69. The zero-order valence-corrected chi connectivity index (χ0v) is 21.3. The molecule has 6 nitrogen and oxygen atoms in total. The van der Waals surface area contributed by atoms with E-state index in [0.717, 1.165) is 49.7 Å². The molecule has 176 valence electrons. The third-order valence-corrected chi connectivity index (χ3v) is 6.17. The van der Waals surface area contributed by atoms with E-state index in [-0.39, 0.29) is 16.9 Å². The lowest BCUT2D eigenvalue weighted by atomic mass is 10.1. The van der Waals surface area contributed by atoms with Gasteiger partial charge in [-0.15, -0.1) is 0 Å². The molecule has 0 saturated carbocycles. The number of nitrogens with zero attached hydrogens (tertiary/aromatic N) is 1. The van der Waals surface area contributed by atoms with Crippen LogP contribution in [0.4, 0.5) is 5.69 Å². The first-order valence-corrected chi connectivity index (χ1v) is 12.6. The van der Waals surface area contributed by atoms with Gasteiger partial charge in [0.15, 0.2) is 5.11 Å². The van der Waals surface area contributed by atoms with Crippen molar-refractivity contribution in [1.82, 2.24) is 10.2 Å². The molecule has 0 spiro atoms. The number of nitrogens with one attached hydrogen (secondary N) is 2. The average Bonchev–Trinajstić information content (AvgIpc) is 3.34. The molecular formula is C25H30BrN3O3S. The van der Waals surface area contributed by atoms with Gasteiger partial charge in [-0.25, -0.2) is 0 Å². The predicted octanol–water partition coefficient (Wildman–Crippen LogP) is 5.77. The van der Waals surface area contributed by atoms with E-state index in [1.807, 2.05) is 23.1 Å². The van der Waals surface area contributed by atoms with Crippen molar-refractivity contribution >= 4 is 50.8 Å². The van der Waals surface area contributed by atoms with E-state index in [1.54, 1.807) is 24.3 Å². The zero-order valence-electron chi connectivity index (χ0n) is 18.9. The Balaban J connectivity index is 1.65. The van der Waals surface area contributed by atoms with Gasteiger partial charge in [0, 0.05) is 17.6 Å². The summed E-state index contributed by atoms with van der Waals surface area (Å²) >= 11 is 8.80. The van der Waals surface area contributed by atoms with Crippen molar-refractivity contribution in [3.63, 3.8) is 0 Å². The van der Waals surface area contributed by atoms with Gasteiger partial charge in [0.2, 0.25) is 0 Å². The predicted molar refractivity (Wildman–Crippen MR) is 139 cm³/mol. The molecule has 0 aliphatic carbocycles. The molecule has 8 heteroatoms. The second-order valence-electron chi connectivity index (χ2n) is 8.00. The number of para-hydroxylation sites is 1. The van der Waals surface area contributed by atoms with Crippen LogP contribution in [0.25, 0.3) is 0 Å². The van der Waals surface area contributed by atoms with Gasteiger partial charge in [-0.1, -0.05) is 54.2 Å². The van der Waals surface area contributed by atoms with Crippen LogP contribution in [0, 0.1) is 0 Å². The lowest BCUT2D eigenvalue weighted by molar-refractivity contribution is 0.0793. The lowest BCUT2D eigenvalue weighted by Crippen LogP contribution is -2.35. The van der Waals surface area contributed by atoms with Crippen LogP contribution in [-0.4, -0.2) is 41.5 Å². The molecule has 0 radical (unpaired) electrons. The summed E-state index contributed by atoms with van der Waals surface area (Å²) in [5, 5.41) is 5.85. The van der Waals surface area contributed by atoms with E-state index in [4.69, 9.17) is 17.0 Å². The Morgan fingerprint density at radius 2 is 1.82 bits per heavy atom. The first-order valence-electron chi connectivity index (χ1n) is 11.4. The monoisotopic (exact) mass is 531 g/mol. The summed E-state index contributed by atoms with van der Waals surface area (Å²) in [6.45, 7) is 4.24. The minimum atomic E-state index is -0.374.